The van der Waals surface area contributed by atoms with Crippen molar-refractivity contribution in [1.29, 1.82) is 0 Å². The maximum Gasteiger partial charge on any atom is 0.334 e. The highest BCUT2D eigenvalue weighted by atomic mass is 16.6. The molecule has 0 radical (unpaired) electrons. The predicted molar refractivity (Wildman–Crippen MR) is 91.8 cm³/mol. The lowest BCUT2D eigenvalue weighted by molar-refractivity contribution is -0.162. The van der Waals surface area contributed by atoms with E-state index in [9.17, 15) is 9.59 Å². The molecular weight excluding hydrogens is 322 g/mol. The third kappa shape index (κ3) is 4.90. The Morgan fingerprint density at radius 2 is 1.88 bits per heavy atom. The number of aliphatic carboxylic acids is 1. The average molecular weight is 345 g/mol. The van der Waals surface area contributed by atoms with Gasteiger partial charge in [0.25, 0.3) is 0 Å². The van der Waals surface area contributed by atoms with E-state index in [1.807, 2.05) is 30.3 Å². The van der Waals surface area contributed by atoms with Crippen molar-refractivity contribution in [3.63, 3.8) is 0 Å². The quantitative estimate of drug-likeness (QED) is 0.687. The number of carboxylic acids is 1. The minimum absolute atomic E-state index is 0.169. The Hall–Kier alpha value is -2.67. The van der Waals surface area contributed by atoms with Crippen molar-refractivity contribution < 1.29 is 19.4 Å². The van der Waals surface area contributed by atoms with Crippen LogP contribution < -0.4 is 5.73 Å². The number of carbonyl (C=O) groups is 2. The van der Waals surface area contributed by atoms with Gasteiger partial charge < -0.3 is 20.6 Å². The van der Waals surface area contributed by atoms with Crippen molar-refractivity contribution in [1.82, 2.24) is 9.97 Å². The van der Waals surface area contributed by atoms with Gasteiger partial charge in [-0.2, -0.15) is 0 Å². The summed E-state index contributed by atoms with van der Waals surface area (Å²) in [6, 6.07) is 9.28. The molecule has 1 unspecified atom stereocenters. The van der Waals surface area contributed by atoms with Crippen LogP contribution in [-0.4, -0.2) is 32.6 Å². The Morgan fingerprint density at radius 3 is 2.44 bits per heavy atom. The standard InChI is InChI=1S/C18H23N3O4/c1-17(2,3)25-16(24)18(19,10-12-7-5-4-6-8-12)15-20-11-13(21-15)9-14(22)23/h4-8,11H,9-10,19H2,1-3H3,(H,20,21)(H,22,23). The molecule has 1 atom stereocenters. The zero-order valence-electron chi connectivity index (χ0n) is 14.6. The number of nitrogens with zero attached hydrogens (tertiary/aromatic N) is 1. The number of H-pyrrole nitrogens is 1. The number of nitrogens with one attached hydrogen (secondary N) is 1. The smallest absolute Gasteiger partial charge is 0.334 e. The van der Waals surface area contributed by atoms with Crippen LogP contribution in [0.4, 0.5) is 0 Å². The van der Waals surface area contributed by atoms with E-state index in [1.54, 1.807) is 20.8 Å². The van der Waals surface area contributed by atoms with Crippen LogP contribution in [0, 0.1) is 0 Å². The Labute approximate surface area is 146 Å². The number of hydrogen-bond donors (Lipinski definition) is 3. The van der Waals surface area contributed by atoms with Crippen LogP contribution in [0.5, 0.6) is 0 Å². The highest BCUT2D eigenvalue weighted by Crippen LogP contribution is 2.25. The minimum Gasteiger partial charge on any atom is -0.481 e. The van der Waals surface area contributed by atoms with Gasteiger partial charge in [-0.25, -0.2) is 9.78 Å². The molecule has 7 heteroatoms. The fourth-order valence-corrected chi connectivity index (χ4v) is 2.38. The van der Waals surface area contributed by atoms with Crippen molar-refractivity contribution in [2.45, 2.75) is 44.8 Å². The zero-order valence-corrected chi connectivity index (χ0v) is 14.6. The molecule has 134 valence electrons. The second-order valence-corrected chi connectivity index (χ2v) is 6.96. The van der Waals surface area contributed by atoms with Gasteiger partial charge in [-0.05, 0) is 26.3 Å². The number of carboxylic acid groups (broad SMARTS) is 1. The number of ether oxygens (including phenoxy) is 1. The second-order valence-electron chi connectivity index (χ2n) is 6.96. The predicted octanol–water partition coefficient (Wildman–Crippen LogP) is 1.78. The van der Waals surface area contributed by atoms with Crippen LogP contribution in [0.1, 0.15) is 37.9 Å². The largest absolute Gasteiger partial charge is 0.481 e. The van der Waals surface area contributed by atoms with E-state index >= 15 is 0 Å². The van der Waals surface area contributed by atoms with Gasteiger partial charge in [-0.3, -0.25) is 4.79 Å². The molecule has 2 rings (SSSR count). The van der Waals surface area contributed by atoms with E-state index in [0.717, 1.165) is 5.56 Å². The van der Waals surface area contributed by atoms with Crippen LogP contribution >= 0.6 is 0 Å². The van der Waals surface area contributed by atoms with Crippen LogP contribution in [0.15, 0.2) is 36.5 Å². The van der Waals surface area contributed by atoms with E-state index in [4.69, 9.17) is 15.6 Å². The average Bonchev–Trinajstić information content (AvgIpc) is 2.94. The highest BCUT2D eigenvalue weighted by Gasteiger charge is 2.42. The fraction of sp³-hybridized carbons (Fsp3) is 0.389. The summed E-state index contributed by atoms with van der Waals surface area (Å²) < 4.78 is 5.48. The summed E-state index contributed by atoms with van der Waals surface area (Å²) in [4.78, 5) is 30.7. The van der Waals surface area contributed by atoms with Gasteiger partial charge in [0.15, 0.2) is 5.54 Å². The maximum atomic E-state index is 12.8. The molecule has 25 heavy (non-hydrogen) atoms. The summed E-state index contributed by atoms with van der Waals surface area (Å²) in [5, 5.41) is 8.91. The summed E-state index contributed by atoms with van der Waals surface area (Å²) in [5.74, 6) is -1.44. The molecule has 0 fully saturated rings. The number of aromatic amines is 1. The van der Waals surface area contributed by atoms with Crippen LogP contribution in [0.2, 0.25) is 0 Å². The Morgan fingerprint density at radius 1 is 1.24 bits per heavy atom. The third-order valence-corrected chi connectivity index (χ3v) is 3.48. The summed E-state index contributed by atoms with van der Waals surface area (Å²) >= 11 is 0. The van der Waals surface area contributed by atoms with Crippen LogP contribution in [0.3, 0.4) is 0 Å². The first-order valence-electron chi connectivity index (χ1n) is 7.92. The van der Waals surface area contributed by atoms with Crippen molar-refractivity contribution >= 4 is 11.9 Å². The Kier molecular flexibility index (Phi) is 5.27. The molecule has 1 aromatic carbocycles. The molecule has 7 nitrogen and oxygen atoms in total. The summed E-state index contributed by atoms with van der Waals surface area (Å²) in [6.45, 7) is 5.27. The van der Waals surface area contributed by atoms with E-state index in [1.165, 1.54) is 6.20 Å². The number of esters is 1. The minimum atomic E-state index is -1.55. The topological polar surface area (TPSA) is 118 Å². The first kappa shape index (κ1) is 18.7. The van der Waals surface area contributed by atoms with E-state index in [0.29, 0.717) is 5.69 Å². The molecule has 0 saturated heterocycles. The lowest BCUT2D eigenvalue weighted by atomic mass is 9.90. The van der Waals surface area contributed by atoms with Crippen molar-refractivity contribution in [3.8, 4) is 0 Å². The van der Waals surface area contributed by atoms with E-state index < -0.39 is 23.1 Å². The molecule has 0 amide bonds. The summed E-state index contributed by atoms with van der Waals surface area (Å²) in [7, 11) is 0. The van der Waals surface area contributed by atoms with Gasteiger partial charge in [0.05, 0.1) is 6.42 Å². The molecule has 1 heterocycles. The summed E-state index contributed by atoms with van der Waals surface area (Å²) in [6.07, 6.45) is 1.31. The SMILES string of the molecule is CC(C)(C)OC(=O)C(N)(Cc1ccccc1)c1ncc(CC(=O)O)[nH]1. The molecular formula is C18H23N3O4. The highest BCUT2D eigenvalue weighted by molar-refractivity contribution is 5.82. The molecule has 0 aliphatic rings. The van der Waals surface area contributed by atoms with Gasteiger partial charge >= 0.3 is 11.9 Å². The molecule has 0 aliphatic heterocycles. The number of nitrogens with two attached hydrogens (primary N) is 1. The third-order valence-electron chi connectivity index (χ3n) is 3.48. The normalized spacial score (nSPS) is 13.9. The molecule has 0 bridgehead atoms. The Bertz CT molecular complexity index is 749. The lowest BCUT2D eigenvalue weighted by Gasteiger charge is -2.30. The van der Waals surface area contributed by atoms with E-state index in [2.05, 4.69) is 9.97 Å². The molecule has 1 aromatic heterocycles. The van der Waals surface area contributed by atoms with Crippen LogP contribution in [0.25, 0.3) is 0 Å². The van der Waals surface area contributed by atoms with Crippen molar-refractivity contribution in [2.75, 3.05) is 0 Å². The molecule has 2 aromatic rings. The number of benzene rings is 1. The molecule has 4 N–H and O–H groups in total. The summed E-state index contributed by atoms with van der Waals surface area (Å²) in [5.41, 5.74) is 5.38. The van der Waals surface area contributed by atoms with Gasteiger partial charge in [0.1, 0.15) is 11.4 Å². The number of hydrogen-bond acceptors (Lipinski definition) is 5. The van der Waals surface area contributed by atoms with Gasteiger partial charge in [-0.15, -0.1) is 0 Å². The molecule has 0 spiro atoms. The molecule has 0 saturated carbocycles. The number of rotatable bonds is 6. The number of aromatic nitrogens is 2. The zero-order chi connectivity index (χ0) is 18.7. The Balaban J connectivity index is 2.39. The van der Waals surface area contributed by atoms with Gasteiger partial charge in [-0.1, -0.05) is 30.3 Å². The number of carbonyl (C=O) groups excluding carboxylic acids is 1. The van der Waals surface area contributed by atoms with Crippen molar-refractivity contribution in [3.05, 3.63) is 53.6 Å². The van der Waals surface area contributed by atoms with Crippen molar-refractivity contribution in [2.24, 2.45) is 5.73 Å². The first-order chi connectivity index (χ1) is 11.6. The van der Waals surface area contributed by atoms with Gasteiger partial charge in [0.2, 0.25) is 0 Å². The maximum absolute atomic E-state index is 12.8. The monoisotopic (exact) mass is 345 g/mol. The fourth-order valence-electron chi connectivity index (χ4n) is 2.38. The van der Waals surface area contributed by atoms with Crippen LogP contribution in [-0.2, 0) is 32.7 Å². The first-order valence-corrected chi connectivity index (χ1v) is 7.92. The van der Waals surface area contributed by atoms with Gasteiger partial charge in [0, 0.05) is 18.3 Å². The number of imidazole rings is 1. The lowest BCUT2D eigenvalue weighted by Crippen LogP contribution is -2.51. The van der Waals surface area contributed by atoms with E-state index in [-0.39, 0.29) is 18.7 Å². The molecule has 0 aliphatic carbocycles. The second kappa shape index (κ2) is 7.06.